The zero-order valence-electron chi connectivity index (χ0n) is 11.8. The number of rotatable bonds is 4. The average Bonchev–Trinajstić information content (AvgIpc) is 2.58. The molecular formula is C15H30N2. The average molecular weight is 238 g/mol. The minimum atomic E-state index is 0.798. The van der Waals surface area contributed by atoms with Gasteiger partial charge in [-0.15, -0.1) is 0 Å². The lowest BCUT2D eigenvalue weighted by atomic mass is 10.1. The van der Waals surface area contributed by atoms with Gasteiger partial charge in [0.1, 0.15) is 0 Å². The van der Waals surface area contributed by atoms with Gasteiger partial charge < -0.3 is 10.2 Å². The van der Waals surface area contributed by atoms with Crippen molar-refractivity contribution >= 4 is 0 Å². The second-order valence-corrected chi connectivity index (χ2v) is 6.25. The van der Waals surface area contributed by atoms with Gasteiger partial charge in [0.2, 0.25) is 0 Å². The van der Waals surface area contributed by atoms with E-state index in [2.05, 4.69) is 24.1 Å². The van der Waals surface area contributed by atoms with Crippen molar-refractivity contribution in [1.29, 1.82) is 0 Å². The summed E-state index contributed by atoms with van der Waals surface area (Å²) in [5.41, 5.74) is 0. The zero-order valence-corrected chi connectivity index (χ0v) is 11.8. The topological polar surface area (TPSA) is 15.3 Å². The van der Waals surface area contributed by atoms with Crippen LogP contribution in [-0.4, -0.2) is 36.6 Å². The van der Waals surface area contributed by atoms with Gasteiger partial charge in [-0.2, -0.15) is 0 Å². The van der Waals surface area contributed by atoms with Crippen LogP contribution in [-0.2, 0) is 0 Å². The van der Waals surface area contributed by atoms with Crippen molar-refractivity contribution in [3.05, 3.63) is 0 Å². The van der Waals surface area contributed by atoms with Gasteiger partial charge >= 0.3 is 0 Å². The van der Waals surface area contributed by atoms with Crippen LogP contribution in [0.2, 0.25) is 0 Å². The molecule has 1 aliphatic carbocycles. The molecule has 3 unspecified atom stereocenters. The highest BCUT2D eigenvalue weighted by atomic mass is 15.1. The first-order chi connectivity index (χ1) is 8.28. The van der Waals surface area contributed by atoms with Crippen LogP contribution in [0.25, 0.3) is 0 Å². The molecule has 2 nitrogen and oxygen atoms in total. The molecule has 1 saturated carbocycles. The van der Waals surface area contributed by atoms with Crippen molar-refractivity contribution in [2.45, 2.75) is 70.9 Å². The number of hydrogen-bond acceptors (Lipinski definition) is 2. The van der Waals surface area contributed by atoms with E-state index in [1.54, 1.807) is 0 Å². The summed E-state index contributed by atoms with van der Waals surface area (Å²) in [5, 5.41) is 3.92. The standard InChI is InChI=1S/C15H30N2/c1-3-9-17-10-4-5-14(8-11-17)16-15-7-6-13(2)12-15/h13-16H,3-12H2,1-2H3. The molecule has 0 aromatic heterocycles. The van der Waals surface area contributed by atoms with Crippen LogP contribution >= 0.6 is 0 Å². The van der Waals surface area contributed by atoms with Crippen LogP contribution < -0.4 is 5.32 Å². The van der Waals surface area contributed by atoms with Gasteiger partial charge in [0.05, 0.1) is 0 Å². The molecule has 1 N–H and O–H groups in total. The summed E-state index contributed by atoms with van der Waals surface area (Å²) < 4.78 is 0. The van der Waals surface area contributed by atoms with Crippen LogP contribution in [0.5, 0.6) is 0 Å². The molecule has 2 rings (SSSR count). The lowest BCUT2D eigenvalue weighted by Crippen LogP contribution is -2.37. The van der Waals surface area contributed by atoms with Crippen molar-refractivity contribution in [3.63, 3.8) is 0 Å². The Kier molecular flexibility index (Phi) is 5.30. The van der Waals surface area contributed by atoms with Gasteiger partial charge in [0.25, 0.3) is 0 Å². The minimum Gasteiger partial charge on any atom is -0.311 e. The Hall–Kier alpha value is -0.0800. The lowest BCUT2D eigenvalue weighted by Gasteiger charge is -2.22. The van der Waals surface area contributed by atoms with Gasteiger partial charge in [-0.25, -0.2) is 0 Å². The molecule has 0 aromatic carbocycles. The highest BCUT2D eigenvalue weighted by Crippen LogP contribution is 2.26. The minimum absolute atomic E-state index is 0.798. The molecule has 100 valence electrons. The van der Waals surface area contributed by atoms with E-state index in [1.165, 1.54) is 64.6 Å². The summed E-state index contributed by atoms with van der Waals surface area (Å²) in [6.45, 7) is 8.63. The quantitative estimate of drug-likeness (QED) is 0.810. The predicted molar refractivity (Wildman–Crippen MR) is 74.3 cm³/mol. The molecule has 2 heteroatoms. The number of nitrogens with one attached hydrogen (secondary N) is 1. The molecule has 0 radical (unpaired) electrons. The monoisotopic (exact) mass is 238 g/mol. The first-order valence-electron chi connectivity index (χ1n) is 7.76. The maximum absolute atomic E-state index is 3.92. The van der Waals surface area contributed by atoms with E-state index < -0.39 is 0 Å². The first kappa shape index (κ1) is 13.4. The number of nitrogens with zero attached hydrogens (tertiary/aromatic N) is 1. The van der Waals surface area contributed by atoms with Crippen LogP contribution in [0.1, 0.15) is 58.8 Å². The summed E-state index contributed by atoms with van der Waals surface area (Å²) in [7, 11) is 0. The first-order valence-corrected chi connectivity index (χ1v) is 7.76. The van der Waals surface area contributed by atoms with Gasteiger partial charge in [-0.1, -0.05) is 13.8 Å². The second kappa shape index (κ2) is 6.75. The fourth-order valence-corrected chi connectivity index (χ4v) is 3.55. The Labute approximate surface area is 107 Å². The Balaban J connectivity index is 1.71. The third-order valence-electron chi connectivity index (χ3n) is 4.53. The van der Waals surface area contributed by atoms with E-state index >= 15 is 0 Å². The smallest absolute Gasteiger partial charge is 0.00823 e. The molecule has 0 aromatic rings. The summed E-state index contributed by atoms with van der Waals surface area (Å²) in [4.78, 5) is 2.65. The van der Waals surface area contributed by atoms with Crippen molar-refractivity contribution in [1.82, 2.24) is 10.2 Å². The maximum atomic E-state index is 3.92. The van der Waals surface area contributed by atoms with E-state index in [4.69, 9.17) is 0 Å². The molecule has 0 spiro atoms. The van der Waals surface area contributed by atoms with E-state index in [-0.39, 0.29) is 0 Å². The molecule has 2 fully saturated rings. The largest absolute Gasteiger partial charge is 0.311 e. The Morgan fingerprint density at radius 2 is 1.94 bits per heavy atom. The number of hydrogen-bond donors (Lipinski definition) is 1. The van der Waals surface area contributed by atoms with E-state index in [1.807, 2.05) is 0 Å². The predicted octanol–water partition coefficient (Wildman–Crippen LogP) is 3.03. The van der Waals surface area contributed by atoms with E-state index in [0.717, 1.165) is 18.0 Å². The van der Waals surface area contributed by atoms with Crippen LogP contribution in [0.3, 0.4) is 0 Å². The Morgan fingerprint density at radius 1 is 1.06 bits per heavy atom. The molecule has 3 atom stereocenters. The van der Waals surface area contributed by atoms with Crippen molar-refractivity contribution in [2.75, 3.05) is 19.6 Å². The van der Waals surface area contributed by atoms with Crippen molar-refractivity contribution in [2.24, 2.45) is 5.92 Å². The van der Waals surface area contributed by atoms with Crippen LogP contribution in [0.4, 0.5) is 0 Å². The van der Waals surface area contributed by atoms with Crippen LogP contribution in [0.15, 0.2) is 0 Å². The summed E-state index contributed by atoms with van der Waals surface area (Å²) in [6, 6.07) is 1.62. The molecule has 1 heterocycles. The summed E-state index contributed by atoms with van der Waals surface area (Å²) in [5.74, 6) is 0.954. The molecule has 17 heavy (non-hydrogen) atoms. The SMILES string of the molecule is CCCN1CCCC(NC2CCC(C)C2)CC1. The molecule has 1 saturated heterocycles. The molecule has 0 amide bonds. The van der Waals surface area contributed by atoms with Crippen molar-refractivity contribution < 1.29 is 0 Å². The van der Waals surface area contributed by atoms with E-state index in [9.17, 15) is 0 Å². The molecule has 2 aliphatic rings. The molecular weight excluding hydrogens is 208 g/mol. The second-order valence-electron chi connectivity index (χ2n) is 6.25. The van der Waals surface area contributed by atoms with Gasteiger partial charge in [0, 0.05) is 12.1 Å². The van der Waals surface area contributed by atoms with E-state index in [0.29, 0.717) is 0 Å². The summed E-state index contributed by atoms with van der Waals surface area (Å²) in [6.07, 6.45) is 9.71. The highest BCUT2D eigenvalue weighted by Gasteiger charge is 2.24. The summed E-state index contributed by atoms with van der Waals surface area (Å²) >= 11 is 0. The Morgan fingerprint density at radius 3 is 2.65 bits per heavy atom. The molecule has 0 bridgehead atoms. The number of likely N-dealkylation sites (tertiary alicyclic amines) is 1. The highest BCUT2D eigenvalue weighted by molar-refractivity contribution is 4.83. The normalized spacial score (nSPS) is 36.0. The fourth-order valence-electron chi connectivity index (χ4n) is 3.55. The van der Waals surface area contributed by atoms with Crippen LogP contribution in [0, 0.1) is 5.92 Å². The van der Waals surface area contributed by atoms with Gasteiger partial charge in [0.15, 0.2) is 0 Å². The molecule has 1 aliphatic heterocycles. The van der Waals surface area contributed by atoms with Gasteiger partial charge in [-0.3, -0.25) is 0 Å². The fraction of sp³-hybridized carbons (Fsp3) is 1.00. The zero-order chi connectivity index (χ0) is 12.1. The van der Waals surface area contributed by atoms with Crippen molar-refractivity contribution in [3.8, 4) is 0 Å². The lowest BCUT2D eigenvalue weighted by molar-refractivity contribution is 0.281. The third-order valence-corrected chi connectivity index (χ3v) is 4.53. The maximum Gasteiger partial charge on any atom is 0.00823 e. The third kappa shape index (κ3) is 4.26. The van der Waals surface area contributed by atoms with Gasteiger partial charge in [-0.05, 0) is 70.5 Å². The Bertz CT molecular complexity index is 217.